The van der Waals surface area contributed by atoms with Crippen LogP contribution in [0, 0.1) is 0 Å². The van der Waals surface area contributed by atoms with Gasteiger partial charge in [0.1, 0.15) is 0 Å². The first-order valence-corrected chi connectivity index (χ1v) is 12.0. The van der Waals surface area contributed by atoms with Crippen LogP contribution in [0.3, 0.4) is 0 Å². The van der Waals surface area contributed by atoms with E-state index in [1.807, 2.05) is 39.8 Å². The summed E-state index contributed by atoms with van der Waals surface area (Å²) in [4.78, 5) is 12.1. The van der Waals surface area contributed by atoms with Crippen molar-refractivity contribution < 1.29 is 22.7 Å². The van der Waals surface area contributed by atoms with Crippen LogP contribution < -0.4 is 25.2 Å². The maximum Gasteiger partial charge on any atom is 0.258 e. The lowest BCUT2D eigenvalue weighted by Gasteiger charge is -2.21. The summed E-state index contributed by atoms with van der Waals surface area (Å²) in [5, 5.41) is 11.3. The summed E-state index contributed by atoms with van der Waals surface area (Å²) in [6.45, 7) is 9.37. The van der Waals surface area contributed by atoms with E-state index in [4.69, 9.17) is 14.6 Å². The Labute approximate surface area is 202 Å². The van der Waals surface area contributed by atoms with E-state index in [2.05, 4.69) is 10.6 Å². The maximum atomic E-state index is 12.0. The van der Waals surface area contributed by atoms with E-state index in [1.165, 1.54) is 12.1 Å². The van der Waals surface area contributed by atoms with Gasteiger partial charge in [-0.2, -0.15) is 0 Å². The fourth-order valence-corrected chi connectivity index (χ4v) is 3.47. The SMILES string of the molecule is CCOc1cc(CNCCc2ccc(S(N)(=O)=O)cc2)ccc1OCC(=O)NC(C)(C)C.Cl. The number of hydrogen-bond donors (Lipinski definition) is 3. The lowest BCUT2D eigenvalue weighted by Crippen LogP contribution is -2.43. The van der Waals surface area contributed by atoms with Crippen LogP contribution in [-0.4, -0.2) is 39.6 Å². The second-order valence-electron chi connectivity index (χ2n) is 8.42. The first kappa shape index (κ1) is 28.7. The van der Waals surface area contributed by atoms with Crippen molar-refractivity contribution in [3.63, 3.8) is 0 Å². The zero-order chi connectivity index (χ0) is 23.8. The van der Waals surface area contributed by atoms with Gasteiger partial charge in [-0.25, -0.2) is 13.6 Å². The van der Waals surface area contributed by atoms with E-state index < -0.39 is 10.0 Å². The molecule has 0 aliphatic heterocycles. The van der Waals surface area contributed by atoms with Gasteiger partial charge in [-0.1, -0.05) is 18.2 Å². The van der Waals surface area contributed by atoms with Crippen molar-refractivity contribution in [3.8, 4) is 11.5 Å². The molecule has 0 aromatic heterocycles. The van der Waals surface area contributed by atoms with Gasteiger partial charge in [0.15, 0.2) is 18.1 Å². The molecule has 0 aliphatic rings. The number of nitrogens with two attached hydrogens (primary N) is 1. The Kier molecular flexibility index (Phi) is 11.1. The molecular weight excluding hydrogens is 466 g/mol. The maximum absolute atomic E-state index is 12.0. The van der Waals surface area contributed by atoms with E-state index >= 15 is 0 Å². The summed E-state index contributed by atoms with van der Waals surface area (Å²) >= 11 is 0. The molecule has 1 amide bonds. The summed E-state index contributed by atoms with van der Waals surface area (Å²) in [6.07, 6.45) is 0.743. The van der Waals surface area contributed by atoms with Crippen molar-refractivity contribution in [2.45, 2.75) is 51.1 Å². The summed E-state index contributed by atoms with van der Waals surface area (Å²) in [7, 11) is -3.67. The molecule has 0 unspecified atom stereocenters. The van der Waals surface area contributed by atoms with Crippen LogP contribution in [0.15, 0.2) is 47.4 Å². The number of hydrogen-bond acceptors (Lipinski definition) is 6. The van der Waals surface area contributed by atoms with Crippen LogP contribution in [0.4, 0.5) is 0 Å². The molecular formula is C23H34ClN3O5S. The first-order chi connectivity index (χ1) is 15.0. The number of benzene rings is 2. The highest BCUT2D eigenvalue weighted by atomic mass is 35.5. The number of nitrogens with one attached hydrogen (secondary N) is 2. The van der Waals surface area contributed by atoms with E-state index in [0.29, 0.717) is 31.2 Å². The van der Waals surface area contributed by atoms with Gasteiger partial charge >= 0.3 is 0 Å². The number of halogens is 1. The molecule has 0 heterocycles. The standard InChI is InChI=1S/C23H33N3O5S.ClH/c1-5-30-21-14-18(8-11-20(21)31-16-22(27)26-23(2,3)4)15-25-13-12-17-6-9-19(10-7-17)32(24,28)29;/h6-11,14,25H,5,12-13,15-16H2,1-4H3,(H,26,27)(H2,24,28,29);1H. The minimum Gasteiger partial charge on any atom is -0.490 e. The molecule has 0 atom stereocenters. The first-order valence-electron chi connectivity index (χ1n) is 10.5. The molecule has 0 saturated heterocycles. The highest BCUT2D eigenvalue weighted by Crippen LogP contribution is 2.28. The minimum atomic E-state index is -3.67. The van der Waals surface area contributed by atoms with Crippen molar-refractivity contribution in [1.82, 2.24) is 10.6 Å². The van der Waals surface area contributed by atoms with Crippen molar-refractivity contribution in [1.29, 1.82) is 0 Å². The number of amides is 1. The van der Waals surface area contributed by atoms with Crippen LogP contribution in [0.2, 0.25) is 0 Å². The lowest BCUT2D eigenvalue weighted by molar-refractivity contribution is -0.124. The fourth-order valence-electron chi connectivity index (χ4n) is 2.96. The second-order valence-corrected chi connectivity index (χ2v) is 9.98. The third-order valence-corrected chi connectivity index (χ3v) is 5.28. The highest BCUT2D eigenvalue weighted by Gasteiger charge is 2.15. The second kappa shape index (κ2) is 12.8. The molecule has 2 aromatic rings. The molecule has 184 valence electrons. The monoisotopic (exact) mass is 499 g/mol. The molecule has 4 N–H and O–H groups in total. The van der Waals surface area contributed by atoms with Crippen molar-refractivity contribution in [3.05, 3.63) is 53.6 Å². The van der Waals surface area contributed by atoms with Gasteiger partial charge in [0.2, 0.25) is 10.0 Å². The van der Waals surface area contributed by atoms with Gasteiger partial charge in [0, 0.05) is 12.1 Å². The molecule has 0 fully saturated rings. The third kappa shape index (κ3) is 10.4. The van der Waals surface area contributed by atoms with E-state index in [-0.39, 0.29) is 35.4 Å². The van der Waals surface area contributed by atoms with Gasteiger partial charge in [-0.15, -0.1) is 12.4 Å². The van der Waals surface area contributed by atoms with Gasteiger partial charge in [-0.05, 0) is 76.1 Å². The lowest BCUT2D eigenvalue weighted by atomic mass is 10.1. The molecule has 0 radical (unpaired) electrons. The Balaban J connectivity index is 0.00000544. The Bertz CT molecular complexity index is 1010. The number of carbonyl (C=O) groups is 1. The largest absolute Gasteiger partial charge is 0.490 e. The molecule has 2 aromatic carbocycles. The van der Waals surface area contributed by atoms with Gasteiger partial charge in [0.25, 0.3) is 5.91 Å². The number of sulfonamides is 1. The Hall–Kier alpha value is -2.33. The molecule has 0 spiro atoms. The van der Waals surface area contributed by atoms with Crippen LogP contribution in [-0.2, 0) is 27.8 Å². The molecule has 0 bridgehead atoms. The topological polar surface area (TPSA) is 120 Å². The molecule has 10 heteroatoms. The summed E-state index contributed by atoms with van der Waals surface area (Å²) in [5.41, 5.74) is 1.71. The van der Waals surface area contributed by atoms with E-state index in [0.717, 1.165) is 17.5 Å². The quantitative estimate of drug-likeness (QED) is 0.409. The average molecular weight is 500 g/mol. The fraction of sp³-hybridized carbons (Fsp3) is 0.435. The zero-order valence-electron chi connectivity index (χ0n) is 19.5. The summed E-state index contributed by atoms with van der Waals surface area (Å²) in [5.74, 6) is 0.923. The highest BCUT2D eigenvalue weighted by molar-refractivity contribution is 7.89. The van der Waals surface area contributed by atoms with Gasteiger partial charge in [0.05, 0.1) is 11.5 Å². The van der Waals surface area contributed by atoms with Crippen LogP contribution in [0.1, 0.15) is 38.8 Å². The van der Waals surface area contributed by atoms with Crippen LogP contribution in [0.5, 0.6) is 11.5 Å². The van der Waals surface area contributed by atoms with Crippen LogP contribution >= 0.6 is 12.4 Å². The number of ether oxygens (including phenoxy) is 2. The average Bonchev–Trinajstić information content (AvgIpc) is 2.69. The van der Waals surface area contributed by atoms with Crippen molar-refractivity contribution in [2.75, 3.05) is 19.8 Å². The normalized spacial score (nSPS) is 11.4. The minimum absolute atomic E-state index is 0. The summed E-state index contributed by atoms with van der Waals surface area (Å²) in [6, 6.07) is 12.2. The molecule has 0 aliphatic carbocycles. The molecule has 0 saturated carbocycles. The van der Waals surface area contributed by atoms with E-state index in [1.54, 1.807) is 18.2 Å². The Morgan fingerprint density at radius 3 is 2.21 bits per heavy atom. The molecule has 2 rings (SSSR count). The summed E-state index contributed by atoms with van der Waals surface area (Å²) < 4.78 is 34.0. The predicted octanol–water partition coefficient (Wildman–Crippen LogP) is 2.78. The van der Waals surface area contributed by atoms with Gasteiger partial charge in [-0.3, -0.25) is 4.79 Å². The van der Waals surface area contributed by atoms with Gasteiger partial charge < -0.3 is 20.1 Å². The number of rotatable bonds is 11. The van der Waals surface area contributed by atoms with Crippen LogP contribution in [0.25, 0.3) is 0 Å². The molecule has 8 nitrogen and oxygen atoms in total. The Morgan fingerprint density at radius 2 is 1.64 bits per heavy atom. The third-order valence-electron chi connectivity index (χ3n) is 4.35. The number of carbonyl (C=O) groups excluding carboxylic acids is 1. The van der Waals surface area contributed by atoms with Crippen molar-refractivity contribution in [2.24, 2.45) is 5.14 Å². The smallest absolute Gasteiger partial charge is 0.258 e. The predicted molar refractivity (Wildman–Crippen MR) is 131 cm³/mol. The zero-order valence-corrected chi connectivity index (χ0v) is 21.1. The Morgan fingerprint density at radius 1 is 1.00 bits per heavy atom. The van der Waals surface area contributed by atoms with Crippen molar-refractivity contribution >= 4 is 28.3 Å². The number of primary sulfonamides is 1. The van der Waals surface area contributed by atoms with E-state index in [9.17, 15) is 13.2 Å². The molecule has 33 heavy (non-hydrogen) atoms.